The summed E-state index contributed by atoms with van der Waals surface area (Å²) in [6.07, 6.45) is 2.04. The van der Waals surface area contributed by atoms with E-state index in [2.05, 4.69) is 60.1 Å². The van der Waals surface area contributed by atoms with Crippen LogP contribution >= 0.6 is 0 Å². The third kappa shape index (κ3) is 4.88. The number of phenolic OH excluding ortho intramolecular Hbond substituents is 1. The quantitative estimate of drug-likeness (QED) is 0.576. The molecule has 0 radical (unpaired) electrons. The Morgan fingerprint density at radius 2 is 1.79 bits per heavy atom. The molecule has 0 unspecified atom stereocenters. The Morgan fingerprint density at radius 3 is 2.39 bits per heavy atom. The molecule has 1 fully saturated rings. The first-order valence-electron chi connectivity index (χ1n) is 11.6. The third-order valence-corrected chi connectivity index (χ3v) is 6.32. The van der Waals surface area contributed by atoms with Crippen LogP contribution in [-0.2, 0) is 0 Å². The smallest absolute Gasteiger partial charge is 0.151 e. The van der Waals surface area contributed by atoms with E-state index in [9.17, 15) is 5.11 Å². The first kappa shape index (κ1) is 23.2. The number of anilines is 1. The van der Waals surface area contributed by atoms with Gasteiger partial charge in [0.05, 0.1) is 17.8 Å². The van der Waals surface area contributed by atoms with Crippen molar-refractivity contribution in [1.82, 2.24) is 20.5 Å². The number of benzene rings is 1. The van der Waals surface area contributed by atoms with E-state index in [1.165, 1.54) is 0 Å². The number of nitrogens with zero attached hydrogens (tertiary/aromatic N) is 4. The lowest BCUT2D eigenvalue weighted by Gasteiger charge is -2.49. The molecule has 0 atom stereocenters. The van der Waals surface area contributed by atoms with E-state index in [0.29, 0.717) is 29.4 Å². The number of ether oxygens (including phenoxy) is 1. The topological polar surface area (TPSA) is 83.4 Å². The largest absolute Gasteiger partial charge is 0.507 e. The van der Waals surface area contributed by atoms with Gasteiger partial charge in [0.25, 0.3) is 0 Å². The van der Waals surface area contributed by atoms with E-state index in [-0.39, 0.29) is 16.8 Å². The van der Waals surface area contributed by atoms with Crippen molar-refractivity contribution in [1.29, 1.82) is 0 Å². The molecule has 0 bridgehead atoms. The number of phenols is 1. The van der Waals surface area contributed by atoms with Gasteiger partial charge in [-0.3, -0.25) is 4.98 Å². The van der Waals surface area contributed by atoms with Crippen LogP contribution in [0.3, 0.4) is 0 Å². The zero-order chi connectivity index (χ0) is 24.0. The molecule has 2 N–H and O–H groups in total. The standard InChI is InChI=1S/C26H35N5O2/c1-8-33-23-11-16(2)27-21-13-22(32)18(12-19(21)23)20-9-10-24(29-28-20)31(7)17-14-25(3,4)30-26(5,6)15-17/h9-13,17,30,32H,8,14-15H2,1-7H3. The van der Waals surface area contributed by atoms with Gasteiger partial charge in [-0.2, -0.15) is 0 Å². The number of nitrogens with one attached hydrogen (secondary N) is 1. The highest BCUT2D eigenvalue weighted by Gasteiger charge is 2.39. The van der Waals surface area contributed by atoms with E-state index >= 15 is 0 Å². The molecule has 3 aromatic rings. The molecule has 3 heterocycles. The summed E-state index contributed by atoms with van der Waals surface area (Å²) in [6.45, 7) is 13.4. The molecular weight excluding hydrogens is 414 g/mol. The van der Waals surface area contributed by atoms with Gasteiger partial charge in [-0.05, 0) is 72.6 Å². The van der Waals surface area contributed by atoms with Crippen molar-refractivity contribution in [2.45, 2.75) is 71.5 Å². The lowest BCUT2D eigenvalue weighted by Crippen LogP contribution is -2.62. The maximum atomic E-state index is 10.7. The van der Waals surface area contributed by atoms with Crippen LogP contribution in [0.2, 0.25) is 0 Å². The summed E-state index contributed by atoms with van der Waals surface area (Å²) >= 11 is 0. The van der Waals surface area contributed by atoms with Crippen LogP contribution in [0.15, 0.2) is 30.3 Å². The fourth-order valence-electron chi connectivity index (χ4n) is 5.22. The van der Waals surface area contributed by atoms with Gasteiger partial charge in [0.2, 0.25) is 0 Å². The van der Waals surface area contributed by atoms with Crippen LogP contribution in [0.25, 0.3) is 22.2 Å². The summed E-state index contributed by atoms with van der Waals surface area (Å²) < 4.78 is 5.81. The Hall–Kier alpha value is -2.93. The molecule has 0 aliphatic carbocycles. The summed E-state index contributed by atoms with van der Waals surface area (Å²) in [5, 5.41) is 24.3. The zero-order valence-electron chi connectivity index (χ0n) is 20.7. The minimum absolute atomic E-state index is 0.0512. The van der Waals surface area contributed by atoms with E-state index in [1.54, 1.807) is 6.07 Å². The first-order valence-corrected chi connectivity index (χ1v) is 11.6. The van der Waals surface area contributed by atoms with Gasteiger partial charge in [-0.25, -0.2) is 0 Å². The van der Waals surface area contributed by atoms with Crippen molar-refractivity contribution >= 4 is 16.7 Å². The Labute approximate surface area is 196 Å². The Kier molecular flexibility index (Phi) is 5.95. The highest BCUT2D eigenvalue weighted by molar-refractivity contribution is 5.91. The highest BCUT2D eigenvalue weighted by Crippen LogP contribution is 2.37. The minimum atomic E-state index is 0.0512. The van der Waals surface area contributed by atoms with Crippen LogP contribution < -0.4 is 15.0 Å². The summed E-state index contributed by atoms with van der Waals surface area (Å²) in [6, 6.07) is 9.71. The van der Waals surface area contributed by atoms with Crippen LogP contribution in [0, 0.1) is 6.92 Å². The number of aromatic nitrogens is 3. The average molecular weight is 450 g/mol. The SMILES string of the molecule is CCOc1cc(C)nc2cc(O)c(-c3ccc(N(C)C4CC(C)(C)NC(C)(C)C4)nn3)cc12. The van der Waals surface area contributed by atoms with Crippen LogP contribution in [0.4, 0.5) is 5.82 Å². The number of fused-ring (bicyclic) bond motifs is 1. The molecule has 1 saturated heterocycles. The molecule has 0 amide bonds. The Bertz CT molecular complexity index is 1140. The number of hydrogen-bond acceptors (Lipinski definition) is 7. The molecule has 1 aliphatic heterocycles. The minimum Gasteiger partial charge on any atom is -0.507 e. The molecule has 176 valence electrons. The predicted molar refractivity (Wildman–Crippen MR) is 133 cm³/mol. The second-order valence-corrected chi connectivity index (χ2v) is 10.4. The van der Waals surface area contributed by atoms with E-state index < -0.39 is 0 Å². The number of aryl methyl sites for hydroxylation is 1. The summed E-state index contributed by atoms with van der Waals surface area (Å²) in [5.41, 5.74) is 2.86. The first-order chi connectivity index (χ1) is 15.5. The number of pyridine rings is 1. The van der Waals surface area contributed by atoms with Crippen LogP contribution in [0.5, 0.6) is 11.5 Å². The Morgan fingerprint density at radius 1 is 1.09 bits per heavy atom. The van der Waals surface area contributed by atoms with Crippen molar-refractivity contribution in [2.75, 3.05) is 18.6 Å². The number of aromatic hydroxyl groups is 1. The fourth-order valence-corrected chi connectivity index (χ4v) is 5.22. The monoisotopic (exact) mass is 449 g/mol. The second-order valence-electron chi connectivity index (χ2n) is 10.4. The van der Waals surface area contributed by atoms with Crippen molar-refractivity contribution in [3.8, 4) is 22.8 Å². The maximum Gasteiger partial charge on any atom is 0.151 e. The molecule has 33 heavy (non-hydrogen) atoms. The van der Waals surface area contributed by atoms with Gasteiger partial charge in [-0.15, -0.1) is 10.2 Å². The van der Waals surface area contributed by atoms with Gasteiger partial charge in [0.1, 0.15) is 11.5 Å². The van der Waals surface area contributed by atoms with E-state index in [0.717, 1.165) is 35.5 Å². The lowest BCUT2D eigenvalue weighted by atomic mass is 9.79. The zero-order valence-corrected chi connectivity index (χ0v) is 20.7. The molecule has 1 aromatic carbocycles. The van der Waals surface area contributed by atoms with E-state index in [1.807, 2.05) is 38.1 Å². The summed E-state index contributed by atoms with van der Waals surface area (Å²) in [4.78, 5) is 6.76. The second kappa shape index (κ2) is 8.45. The Balaban J connectivity index is 1.65. The molecule has 1 aliphatic rings. The van der Waals surface area contributed by atoms with Gasteiger partial charge in [0.15, 0.2) is 5.82 Å². The third-order valence-electron chi connectivity index (χ3n) is 6.32. The summed E-state index contributed by atoms with van der Waals surface area (Å²) in [7, 11) is 2.09. The maximum absolute atomic E-state index is 10.7. The normalized spacial score (nSPS) is 17.8. The van der Waals surface area contributed by atoms with Crippen molar-refractivity contribution in [2.24, 2.45) is 0 Å². The molecule has 7 nitrogen and oxygen atoms in total. The highest BCUT2D eigenvalue weighted by atomic mass is 16.5. The predicted octanol–water partition coefficient (Wildman–Crippen LogP) is 4.85. The molecular formula is C26H35N5O2. The number of piperidine rings is 1. The molecule has 7 heteroatoms. The van der Waals surface area contributed by atoms with E-state index in [4.69, 9.17) is 4.74 Å². The van der Waals surface area contributed by atoms with Crippen LogP contribution in [0.1, 0.15) is 53.2 Å². The molecule has 2 aromatic heterocycles. The molecule has 4 rings (SSSR count). The lowest BCUT2D eigenvalue weighted by molar-refractivity contribution is 0.160. The van der Waals surface area contributed by atoms with Crippen molar-refractivity contribution in [3.63, 3.8) is 0 Å². The summed E-state index contributed by atoms with van der Waals surface area (Å²) in [5.74, 6) is 1.70. The van der Waals surface area contributed by atoms with Gasteiger partial charge in [0, 0.05) is 52.9 Å². The number of hydrogen-bond donors (Lipinski definition) is 2. The van der Waals surface area contributed by atoms with Gasteiger partial charge >= 0.3 is 0 Å². The van der Waals surface area contributed by atoms with Gasteiger partial charge < -0.3 is 20.1 Å². The van der Waals surface area contributed by atoms with Crippen LogP contribution in [-0.4, -0.2) is 51.1 Å². The fraction of sp³-hybridized carbons (Fsp3) is 0.500. The van der Waals surface area contributed by atoms with Crippen molar-refractivity contribution in [3.05, 3.63) is 36.0 Å². The molecule has 0 saturated carbocycles. The van der Waals surface area contributed by atoms with Crippen molar-refractivity contribution < 1.29 is 9.84 Å². The molecule has 0 spiro atoms. The number of rotatable bonds is 5. The average Bonchev–Trinajstić information content (AvgIpc) is 2.71. The van der Waals surface area contributed by atoms with Gasteiger partial charge in [-0.1, -0.05) is 0 Å².